The van der Waals surface area contributed by atoms with E-state index >= 15 is 0 Å². The molecule has 1 unspecified atom stereocenters. The maximum absolute atomic E-state index is 6.08. The Hall–Kier alpha value is -0.770. The zero-order valence-corrected chi connectivity index (χ0v) is 10.5. The largest absolute Gasteiger partial charge is 0.376 e. The van der Waals surface area contributed by atoms with Gasteiger partial charge in [-0.15, -0.1) is 0 Å². The number of hydrogen-bond donors (Lipinski definition) is 1. The molecule has 1 saturated carbocycles. The molecule has 3 aliphatic rings. The SMILES string of the molecule is NC1=NCC2(CCCCC2)N1CC1CCCO1. The van der Waals surface area contributed by atoms with Crippen molar-refractivity contribution < 1.29 is 4.74 Å². The standard InChI is InChI=1S/C13H23N3O/c14-12-15-10-13(6-2-1-3-7-13)16(12)9-11-5-4-8-17-11/h11H,1-10H2,(H2,14,15). The third kappa shape index (κ3) is 2.03. The molecule has 0 aromatic carbocycles. The van der Waals surface area contributed by atoms with Gasteiger partial charge in [-0.1, -0.05) is 19.3 Å². The summed E-state index contributed by atoms with van der Waals surface area (Å²) in [5.74, 6) is 0.752. The van der Waals surface area contributed by atoms with Gasteiger partial charge < -0.3 is 15.4 Å². The zero-order valence-electron chi connectivity index (χ0n) is 10.5. The molecule has 0 amide bonds. The van der Waals surface area contributed by atoms with E-state index in [2.05, 4.69) is 9.89 Å². The summed E-state index contributed by atoms with van der Waals surface area (Å²) in [6.45, 7) is 2.78. The Bertz CT molecular complexity index is 304. The summed E-state index contributed by atoms with van der Waals surface area (Å²) < 4.78 is 5.74. The smallest absolute Gasteiger partial charge is 0.191 e. The summed E-state index contributed by atoms with van der Waals surface area (Å²) in [5.41, 5.74) is 6.33. The fourth-order valence-corrected chi connectivity index (χ4v) is 3.56. The molecule has 4 heteroatoms. The van der Waals surface area contributed by atoms with Crippen LogP contribution in [0.25, 0.3) is 0 Å². The van der Waals surface area contributed by atoms with E-state index in [1.54, 1.807) is 0 Å². The van der Waals surface area contributed by atoms with Crippen molar-refractivity contribution in [2.75, 3.05) is 19.7 Å². The number of rotatable bonds is 2. The highest BCUT2D eigenvalue weighted by atomic mass is 16.5. The molecule has 1 aliphatic carbocycles. The van der Waals surface area contributed by atoms with Crippen molar-refractivity contribution in [3.63, 3.8) is 0 Å². The highest BCUT2D eigenvalue weighted by Gasteiger charge is 2.43. The van der Waals surface area contributed by atoms with Crippen LogP contribution < -0.4 is 5.73 Å². The van der Waals surface area contributed by atoms with Crippen LogP contribution in [0.1, 0.15) is 44.9 Å². The predicted molar refractivity (Wildman–Crippen MR) is 68.0 cm³/mol. The van der Waals surface area contributed by atoms with Crippen molar-refractivity contribution in [3.8, 4) is 0 Å². The lowest BCUT2D eigenvalue weighted by Crippen LogP contribution is -2.54. The van der Waals surface area contributed by atoms with Gasteiger partial charge in [0.25, 0.3) is 0 Å². The molecule has 17 heavy (non-hydrogen) atoms. The lowest BCUT2D eigenvalue weighted by Gasteiger charge is -2.43. The molecule has 1 spiro atoms. The fourth-order valence-electron chi connectivity index (χ4n) is 3.56. The van der Waals surface area contributed by atoms with Gasteiger partial charge in [0.05, 0.1) is 18.2 Å². The van der Waals surface area contributed by atoms with Gasteiger partial charge in [0, 0.05) is 13.2 Å². The minimum Gasteiger partial charge on any atom is -0.376 e. The van der Waals surface area contributed by atoms with Crippen molar-refractivity contribution in [3.05, 3.63) is 0 Å². The number of ether oxygens (including phenoxy) is 1. The van der Waals surface area contributed by atoms with Gasteiger partial charge in [-0.25, -0.2) is 0 Å². The van der Waals surface area contributed by atoms with Crippen LogP contribution in [0.3, 0.4) is 0 Å². The van der Waals surface area contributed by atoms with Gasteiger partial charge in [-0.2, -0.15) is 0 Å². The minimum atomic E-state index is 0.244. The van der Waals surface area contributed by atoms with Gasteiger partial charge in [0.1, 0.15) is 0 Å². The Balaban J connectivity index is 1.71. The minimum absolute atomic E-state index is 0.244. The van der Waals surface area contributed by atoms with Crippen LogP contribution in [-0.2, 0) is 4.74 Å². The summed E-state index contributed by atoms with van der Waals surface area (Å²) in [6, 6.07) is 0. The molecule has 0 radical (unpaired) electrons. The Kier molecular flexibility index (Phi) is 2.99. The molecule has 1 atom stereocenters. The van der Waals surface area contributed by atoms with Crippen molar-refractivity contribution in [2.45, 2.75) is 56.6 Å². The average Bonchev–Trinajstić information content (AvgIpc) is 2.95. The molecule has 2 aliphatic heterocycles. The van der Waals surface area contributed by atoms with Crippen LogP contribution in [0.15, 0.2) is 4.99 Å². The molecule has 3 rings (SSSR count). The predicted octanol–water partition coefficient (Wildman–Crippen LogP) is 1.50. The third-order valence-corrected chi connectivity index (χ3v) is 4.58. The second-order valence-corrected chi connectivity index (χ2v) is 5.71. The summed E-state index contributed by atoms with van der Waals surface area (Å²) in [4.78, 5) is 6.86. The van der Waals surface area contributed by atoms with E-state index in [-0.39, 0.29) is 5.54 Å². The van der Waals surface area contributed by atoms with Gasteiger partial charge in [-0.05, 0) is 25.7 Å². The third-order valence-electron chi connectivity index (χ3n) is 4.58. The van der Waals surface area contributed by atoms with Crippen LogP contribution in [-0.4, -0.2) is 42.2 Å². The Labute approximate surface area is 103 Å². The molecule has 4 nitrogen and oxygen atoms in total. The number of aliphatic imine (C=N–C) groups is 1. The Morgan fingerprint density at radius 3 is 2.82 bits per heavy atom. The lowest BCUT2D eigenvalue weighted by atomic mass is 9.81. The number of hydrogen-bond acceptors (Lipinski definition) is 4. The molecule has 1 saturated heterocycles. The number of nitrogens with zero attached hydrogens (tertiary/aromatic N) is 2. The van der Waals surface area contributed by atoms with Crippen LogP contribution in [0.2, 0.25) is 0 Å². The monoisotopic (exact) mass is 237 g/mol. The van der Waals surface area contributed by atoms with E-state index in [0.29, 0.717) is 6.10 Å². The van der Waals surface area contributed by atoms with Crippen LogP contribution in [0.5, 0.6) is 0 Å². The molecule has 0 bridgehead atoms. The van der Waals surface area contributed by atoms with E-state index in [0.717, 1.165) is 25.7 Å². The van der Waals surface area contributed by atoms with E-state index in [4.69, 9.17) is 10.5 Å². The molecule has 2 fully saturated rings. The van der Waals surface area contributed by atoms with E-state index in [1.165, 1.54) is 44.9 Å². The summed E-state index contributed by atoms with van der Waals surface area (Å²) in [5, 5.41) is 0. The van der Waals surface area contributed by atoms with Crippen LogP contribution >= 0.6 is 0 Å². The summed E-state index contributed by atoms with van der Waals surface area (Å²) >= 11 is 0. The molecule has 0 aromatic rings. The number of nitrogens with two attached hydrogens (primary N) is 1. The second-order valence-electron chi connectivity index (χ2n) is 5.71. The summed E-state index contributed by atoms with van der Waals surface area (Å²) in [7, 11) is 0. The highest BCUT2D eigenvalue weighted by Crippen LogP contribution is 2.37. The maximum atomic E-state index is 6.08. The lowest BCUT2D eigenvalue weighted by molar-refractivity contribution is 0.0530. The topological polar surface area (TPSA) is 50.8 Å². The molecular formula is C13H23N3O. The molecule has 96 valence electrons. The molecule has 2 N–H and O–H groups in total. The first-order chi connectivity index (χ1) is 8.30. The second kappa shape index (κ2) is 4.48. The highest BCUT2D eigenvalue weighted by molar-refractivity contribution is 5.81. The first-order valence-corrected chi connectivity index (χ1v) is 6.99. The number of guanidine groups is 1. The van der Waals surface area contributed by atoms with E-state index in [1.807, 2.05) is 0 Å². The molecule has 2 heterocycles. The van der Waals surface area contributed by atoms with Gasteiger partial charge in [-0.3, -0.25) is 4.99 Å². The van der Waals surface area contributed by atoms with E-state index < -0.39 is 0 Å². The normalized spacial score (nSPS) is 32.1. The maximum Gasteiger partial charge on any atom is 0.191 e. The van der Waals surface area contributed by atoms with Crippen molar-refractivity contribution >= 4 is 5.96 Å². The Morgan fingerprint density at radius 1 is 1.29 bits per heavy atom. The van der Waals surface area contributed by atoms with Crippen molar-refractivity contribution in [1.82, 2.24) is 4.90 Å². The van der Waals surface area contributed by atoms with Crippen molar-refractivity contribution in [2.24, 2.45) is 10.7 Å². The van der Waals surface area contributed by atoms with Gasteiger partial charge in [0.15, 0.2) is 5.96 Å². The van der Waals surface area contributed by atoms with Gasteiger partial charge in [0.2, 0.25) is 0 Å². The quantitative estimate of drug-likeness (QED) is 0.792. The zero-order chi connectivity index (χ0) is 11.7. The fraction of sp³-hybridized carbons (Fsp3) is 0.923. The van der Waals surface area contributed by atoms with Crippen LogP contribution in [0.4, 0.5) is 0 Å². The van der Waals surface area contributed by atoms with Crippen LogP contribution in [0, 0.1) is 0 Å². The first kappa shape index (κ1) is 11.3. The van der Waals surface area contributed by atoms with Crippen molar-refractivity contribution in [1.29, 1.82) is 0 Å². The average molecular weight is 237 g/mol. The molecular weight excluding hydrogens is 214 g/mol. The molecule has 0 aromatic heterocycles. The Morgan fingerprint density at radius 2 is 2.12 bits per heavy atom. The first-order valence-electron chi connectivity index (χ1n) is 6.99. The van der Waals surface area contributed by atoms with E-state index in [9.17, 15) is 0 Å². The van der Waals surface area contributed by atoms with Gasteiger partial charge >= 0.3 is 0 Å². The summed E-state index contributed by atoms with van der Waals surface area (Å²) in [6.07, 6.45) is 9.28.